The molecule has 5 rings (SSSR count). The van der Waals surface area contributed by atoms with E-state index in [1.54, 1.807) is 40.8 Å². The van der Waals surface area contributed by atoms with Gasteiger partial charge >= 0.3 is 0 Å². The van der Waals surface area contributed by atoms with Crippen LogP contribution in [0, 0.1) is 5.41 Å². The average molecular weight is 853 g/mol. The van der Waals surface area contributed by atoms with Crippen LogP contribution in [0.5, 0.6) is 5.75 Å². The minimum Gasteiger partial charge on any atom is -0.481 e. The Bertz CT molecular complexity index is 2030. The number of hydrogen-bond donors (Lipinski definition) is 3. The number of rotatable bonds is 12. The number of nitrogens with zero attached hydrogens (tertiary/aromatic N) is 2. The smallest absolute Gasteiger partial charge is 0.269 e. The average Bonchev–Trinajstić information content (AvgIpc) is 2.91. The van der Waals surface area contributed by atoms with Crippen LogP contribution in [-0.4, -0.2) is 83.9 Å². The Morgan fingerprint density at radius 3 is 2.33 bits per heavy atom. The van der Waals surface area contributed by atoms with Crippen LogP contribution in [0.15, 0.2) is 51.6 Å². The fourth-order valence-electron chi connectivity index (χ4n) is 7.68. The zero-order valence-corrected chi connectivity index (χ0v) is 32.2. The van der Waals surface area contributed by atoms with Gasteiger partial charge in [0, 0.05) is 48.0 Å². The fraction of sp³-hybridized carbons (Fsp3) is 0.562. The molecule has 13 nitrogen and oxygen atoms in total. The zero-order valence-electron chi connectivity index (χ0n) is 27.6. The minimum absolute atomic E-state index is 0.0318. The molecule has 4 aliphatic rings. The van der Waals surface area contributed by atoms with Crippen molar-refractivity contribution in [3.8, 4) is 5.75 Å². The molecule has 0 amide bonds. The molecule has 3 N–H and O–H groups in total. The van der Waals surface area contributed by atoms with Crippen LogP contribution in [0.1, 0.15) is 77.7 Å². The molecule has 0 saturated heterocycles. The summed E-state index contributed by atoms with van der Waals surface area (Å²) in [5.41, 5.74) is 3.59. The van der Waals surface area contributed by atoms with Crippen molar-refractivity contribution in [2.45, 2.75) is 83.8 Å². The zero-order chi connectivity index (χ0) is 36.3. The van der Waals surface area contributed by atoms with Crippen molar-refractivity contribution in [2.75, 3.05) is 28.7 Å². The van der Waals surface area contributed by atoms with Crippen LogP contribution < -0.4 is 9.64 Å². The molecule has 49 heavy (non-hydrogen) atoms. The van der Waals surface area contributed by atoms with Gasteiger partial charge in [-0.1, -0.05) is 25.5 Å². The number of fused-ring (bicyclic) bond motifs is 4. The Morgan fingerprint density at radius 1 is 1.02 bits per heavy atom. The molecular formula is C32H41IN2O11S3. The Labute approximate surface area is 301 Å². The van der Waals surface area contributed by atoms with Crippen LogP contribution in [-0.2, 0) is 35.1 Å². The highest BCUT2D eigenvalue weighted by atomic mass is 127. The first kappa shape index (κ1) is 38.1. The van der Waals surface area contributed by atoms with Gasteiger partial charge in [0.15, 0.2) is 3.79 Å². The van der Waals surface area contributed by atoms with Gasteiger partial charge in [0.05, 0.1) is 17.2 Å². The summed E-state index contributed by atoms with van der Waals surface area (Å²) in [7, 11) is -13.0. The van der Waals surface area contributed by atoms with Gasteiger partial charge in [-0.2, -0.15) is 25.3 Å². The Morgan fingerprint density at radius 2 is 1.71 bits per heavy atom. The highest BCUT2D eigenvalue weighted by molar-refractivity contribution is 14.1. The molecule has 2 aliphatic carbocycles. The highest BCUT2D eigenvalue weighted by Crippen LogP contribution is 2.52. The highest BCUT2D eigenvalue weighted by Gasteiger charge is 2.43. The summed E-state index contributed by atoms with van der Waals surface area (Å²) in [5.74, 6) is -1.68. The maximum atomic E-state index is 12.1. The Balaban J connectivity index is 1.62. The van der Waals surface area contributed by atoms with Gasteiger partial charge < -0.3 is 9.64 Å². The Kier molecular flexibility index (Phi) is 10.4. The second kappa shape index (κ2) is 13.4. The quantitative estimate of drug-likeness (QED) is 0.138. The van der Waals surface area contributed by atoms with Crippen molar-refractivity contribution in [1.82, 2.24) is 0 Å². The van der Waals surface area contributed by atoms with Gasteiger partial charge in [0.1, 0.15) is 23.3 Å². The van der Waals surface area contributed by atoms with Gasteiger partial charge in [-0.15, -0.1) is 0 Å². The lowest BCUT2D eigenvalue weighted by molar-refractivity contribution is -0.109. The summed E-state index contributed by atoms with van der Waals surface area (Å²) in [4.78, 5) is 18.8. The standard InChI is InChI=1S/C32H41IN2O11S3/c1-31(2)15-19(17-48(40,41)42)21-11-25-28(13-23(21)24(31)7-6-10-47(37,38)39)46-29-14-27-22(12-26(29)34-25)20(18-49(43,44)45)16-32(3,4)35(27)9-5-8-30(33)36/h11-12,14-15,20,28H,5-10,13,16-18H2,1-4H3,(H,37,38,39)(H,40,41,42)(H,43,44,45). The van der Waals surface area contributed by atoms with E-state index in [2.05, 4.69) is 4.90 Å². The monoisotopic (exact) mass is 852 g/mol. The molecule has 0 aromatic heterocycles. The van der Waals surface area contributed by atoms with Crippen molar-refractivity contribution in [3.05, 3.63) is 52.1 Å². The topological polar surface area (TPSA) is 205 Å². The van der Waals surface area contributed by atoms with E-state index in [9.17, 15) is 43.7 Å². The summed E-state index contributed by atoms with van der Waals surface area (Å²) < 4.78 is 107. The number of allylic oxidation sites excluding steroid dienone is 3. The third-order valence-corrected chi connectivity index (χ3v) is 12.4. The van der Waals surface area contributed by atoms with Gasteiger partial charge in [-0.25, -0.2) is 4.99 Å². The van der Waals surface area contributed by atoms with E-state index < -0.39 is 70.6 Å². The molecule has 0 bridgehead atoms. The number of anilines is 1. The molecular weight excluding hydrogens is 811 g/mol. The SMILES string of the molecule is CC1(C)C=C(CS(=O)(=O)O)C2=CC3=Nc4cc5c(cc4OC3CC2=C1CCCS(=O)(=O)O)N(CCCC(=O)I)C(C)(C)CC5CS(=O)(=O)O. The predicted octanol–water partition coefficient (Wildman–Crippen LogP) is 5.37. The van der Waals surface area contributed by atoms with Gasteiger partial charge in [-0.3, -0.25) is 18.5 Å². The van der Waals surface area contributed by atoms with E-state index in [-0.39, 0.29) is 16.6 Å². The fourth-order valence-corrected chi connectivity index (χ4v) is 10.0. The summed E-state index contributed by atoms with van der Waals surface area (Å²) in [5, 5.41) is 0. The second-order valence-electron chi connectivity index (χ2n) is 14.3. The molecule has 1 aromatic carbocycles. The van der Waals surface area contributed by atoms with Crippen LogP contribution in [0.3, 0.4) is 0 Å². The lowest BCUT2D eigenvalue weighted by Gasteiger charge is -2.48. The first-order chi connectivity index (χ1) is 22.4. The second-order valence-corrected chi connectivity index (χ2v) is 20.0. The van der Waals surface area contributed by atoms with E-state index in [1.807, 2.05) is 33.8 Å². The maximum Gasteiger partial charge on any atom is 0.269 e. The van der Waals surface area contributed by atoms with E-state index in [0.29, 0.717) is 66.1 Å². The molecule has 2 unspecified atom stereocenters. The molecule has 1 aromatic rings. The molecule has 0 saturated carbocycles. The number of benzene rings is 1. The van der Waals surface area contributed by atoms with Crippen molar-refractivity contribution in [2.24, 2.45) is 10.4 Å². The number of carbonyl (C=O) groups is 1. The number of ether oxygens (including phenoxy) is 1. The molecule has 2 atom stereocenters. The van der Waals surface area contributed by atoms with Crippen LogP contribution in [0.4, 0.5) is 11.4 Å². The molecule has 17 heteroatoms. The molecule has 0 spiro atoms. The normalized spacial score (nSPS) is 22.9. The number of aliphatic imine (C=N–C) groups is 1. The van der Waals surface area contributed by atoms with Crippen LogP contribution in [0.25, 0.3) is 0 Å². The van der Waals surface area contributed by atoms with E-state index in [4.69, 9.17) is 9.73 Å². The van der Waals surface area contributed by atoms with E-state index in [1.165, 1.54) is 0 Å². The molecule has 0 radical (unpaired) electrons. The number of hydrogen-bond acceptors (Lipinski definition) is 10. The van der Waals surface area contributed by atoms with E-state index >= 15 is 0 Å². The number of carbonyl (C=O) groups excluding carboxylic acids is 1. The van der Waals surface area contributed by atoms with Crippen molar-refractivity contribution < 1.29 is 48.4 Å². The van der Waals surface area contributed by atoms with E-state index in [0.717, 1.165) is 16.8 Å². The number of halogens is 1. The summed E-state index contributed by atoms with van der Waals surface area (Å²) >= 11 is 1.76. The molecule has 0 fully saturated rings. The summed E-state index contributed by atoms with van der Waals surface area (Å²) in [6.45, 7) is 8.25. The van der Waals surface area contributed by atoms with Crippen molar-refractivity contribution >= 4 is 73.8 Å². The third-order valence-electron chi connectivity index (χ3n) is 9.53. The molecule has 2 aliphatic heterocycles. The lowest BCUT2D eigenvalue weighted by atomic mass is 9.68. The molecule has 270 valence electrons. The molecule has 2 heterocycles. The van der Waals surface area contributed by atoms with Gasteiger partial charge in [0.25, 0.3) is 30.4 Å². The Hall–Kier alpha value is -2.16. The van der Waals surface area contributed by atoms with Crippen LogP contribution >= 0.6 is 22.6 Å². The van der Waals surface area contributed by atoms with Crippen LogP contribution in [0.2, 0.25) is 0 Å². The first-order valence-corrected chi connectivity index (χ1v) is 21.7. The third kappa shape index (κ3) is 9.02. The predicted molar refractivity (Wildman–Crippen MR) is 195 cm³/mol. The first-order valence-electron chi connectivity index (χ1n) is 15.8. The van der Waals surface area contributed by atoms with Crippen molar-refractivity contribution in [1.29, 1.82) is 0 Å². The lowest BCUT2D eigenvalue weighted by Crippen LogP contribution is -2.50. The van der Waals surface area contributed by atoms with Gasteiger partial charge in [0.2, 0.25) is 0 Å². The summed E-state index contributed by atoms with van der Waals surface area (Å²) in [6.07, 6.45) is 4.93. The minimum atomic E-state index is -4.42. The largest absolute Gasteiger partial charge is 0.481 e. The van der Waals surface area contributed by atoms with Crippen molar-refractivity contribution in [3.63, 3.8) is 0 Å². The maximum absolute atomic E-state index is 12.1. The summed E-state index contributed by atoms with van der Waals surface area (Å²) in [6, 6.07) is 3.59. The van der Waals surface area contributed by atoms with Gasteiger partial charge in [-0.05, 0) is 96.5 Å².